The number of hydrogen-bond acceptors (Lipinski definition) is 2. The van der Waals surface area contributed by atoms with Gasteiger partial charge in [-0.05, 0) is 37.8 Å². The molecule has 19 heavy (non-hydrogen) atoms. The van der Waals surface area contributed by atoms with Crippen molar-refractivity contribution in [3.63, 3.8) is 0 Å². The molecule has 0 saturated carbocycles. The van der Waals surface area contributed by atoms with Crippen LogP contribution in [0.1, 0.15) is 51.7 Å². The second kappa shape index (κ2) is 5.74. The van der Waals surface area contributed by atoms with E-state index in [1.54, 1.807) is 13.8 Å². The molecule has 0 radical (unpaired) electrons. The van der Waals surface area contributed by atoms with Gasteiger partial charge in [-0.25, -0.2) is 0 Å². The van der Waals surface area contributed by atoms with Crippen LogP contribution in [0.5, 0.6) is 0 Å². The van der Waals surface area contributed by atoms with Gasteiger partial charge < -0.3 is 10.2 Å². The molecule has 0 heterocycles. The minimum absolute atomic E-state index is 0.121. The first-order chi connectivity index (χ1) is 8.60. The second-order valence-electron chi connectivity index (χ2n) is 6.46. The second-order valence-corrected chi connectivity index (χ2v) is 6.46. The van der Waals surface area contributed by atoms with Gasteiger partial charge >= 0.3 is 5.97 Å². The third kappa shape index (κ3) is 5.43. The number of aryl methyl sites for hydroxylation is 1. The van der Waals surface area contributed by atoms with Gasteiger partial charge in [0.05, 0.1) is 12.0 Å². The molecule has 0 fully saturated rings. The molecule has 3 heteroatoms. The quantitative estimate of drug-likeness (QED) is 0.830. The molecule has 0 unspecified atom stereocenters. The van der Waals surface area contributed by atoms with Crippen LogP contribution in [0.2, 0.25) is 0 Å². The Morgan fingerprint density at radius 1 is 1.11 bits per heavy atom. The standard InChI is InChI=1S/C16H24O3/c1-15(2,11-14(17)18)13-7-5-12(6-8-13)9-10-16(3,4)19/h5-8,19H,9-11H2,1-4H3,(H,17,18). The average Bonchev–Trinajstić information content (AvgIpc) is 2.24. The van der Waals surface area contributed by atoms with Crippen molar-refractivity contribution >= 4 is 5.97 Å². The lowest BCUT2D eigenvalue weighted by atomic mass is 9.81. The van der Waals surface area contributed by atoms with Crippen LogP contribution in [0.3, 0.4) is 0 Å². The van der Waals surface area contributed by atoms with Crippen molar-refractivity contribution in [1.29, 1.82) is 0 Å². The number of rotatable bonds is 6. The van der Waals surface area contributed by atoms with Gasteiger partial charge in [-0.1, -0.05) is 38.1 Å². The summed E-state index contributed by atoms with van der Waals surface area (Å²) in [6.45, 7) is 7.48. The largest absolute Gasteiger partial charge is 0.481 e. The van der Waals surface area contributed by atoms with E-state index in [1.807, 2.05) is 38.1 Å². The number of carbonyl (C=O) groups is 1. The van der Waals surface area contributed by atoms with Crippen LogP contribution in [-0.4, -0.2) is 21.8 Å². The summed E-state index contributed by atoms with van der Waals surface area (Å²) in [6, 6.07) is 8.01. The van der Waals surface area contributed by atoms with Crippen molar-refractivity contribution in [2.45, 2.75) is 58.0 Å². The molecule has 0 aliphatic carbocycles. The summed E-state index contributed by atoms with van der Waals surface area (Å²) in [5, 5.41) is 18.6. The Hall–Kier alpha value is -1.35. The zero-order valence-corrected chi connectivity index (χ0v) is 12.2. The molecule has 0 saturated heterocycles. The summed E-state index contributed by atoms with van der Waals surface area (Å²) in [6.07, 6.45) is 1.66. The number of hydrogen-bond donors (Lipinski definition) is 2. The van der Waals surface area contributed by atoms with Crippen LogP contribution >= 0.6 is 0 Å². The van der Waals surface area contributed by atoms with E-state index < -0.39 is 11.6 Å². The fourth-order valence-electron chi connectivity index (χ4n) is 2.05. The minimum Gasteiger partial charge on any atom is -0.481 e. The predicted molar refractivity (Wildman–Crippen MR) is 76.3 cm³/mol. The summed E-state index contributed by atoms with van der Waals surface area (Å²) in [4.78, 5) is 10.8. The van der Waals surface area contributed by atoms with E-state index >= 15 is 0 Å². The smallest absolute Gasteiger partial charge is 0.304 e. The molecule has 0 spiro atoms. The lowest BCUT2D eigenvalue weighted by Gasteiger charge is -2.23. The third-order valence-corrected chi connectivity index (χ3v) is 3.35. The molecular weight excluding hydrogens is 240 g/mol. The van der Waals surface area contributed by atoms with Gasteiger partial charge in [-0.3, -0.25) is 4.79 Å². The molecule has 0 aliphatic rings. The number of carboxylic acid groups (broad SMARTS) is 1. The molecule has 1 rings (SSSR count). The third-order valence-electron chi connectivity index (χ3n) is 3.35. The van der Waals surface area contributed by atoms with E-state index in [2.05, 4.69) is 0 Å². The highest BCUT2D eigenvalue weighted by molar-refractivity contribution is 5.68. The molecule has 0 atom stereocenters. The average molecular weight is 264 g/mol. The summed E-state index contributed by atoms with van der Waals surface area (Å²) < 4.78 is 0. The van der Waals surface area contributed by atoms with E-state index in [4.69, 9.17) is 5.11 Å². The zero-order valence-electron chi connectivity index (χ0n) is 12.2. The number of aliphatic carboxylic acids is 1. The summed E-state index contributed by atoms with van der Waals surface area (Å²) in [5.74, 6) is -0.781. The molecule has 3 nitrogen and oxygen atoms in total. The van der Waals surface area contributed by atoms with Crippen molar-refractivity contribution in [2.75, 3.05) is 0 Å². The summed E-state index contributed by atoms with van der Waals surface area (Å²) >= 11 is 0. The monoisotopic (exact) mass is 264 g/mol. The van der Waals surface area contributed by atoms with Crippen LogP contribution < -0.4 is 0 Å². The molecule has 106 valence electrons. The first kappa shape index (κ1) is 15.7. The van der Waals surface area contributed by atoms with Crippen molar-refractivity contribution in [3.8, 4) is 0 Å². The van der Waals surface area contributed by atoms with Gasteiger partial charge in [0.15, 0.2) is 0 Å². The Bertz CT molecular complexity index is 424. The Labute approximate surface area is 115 Å². The fourth-order valence-corrected chi connectivity index (χ4v) is 2.05. The minimum atomic E-state index is -0.781. The lowest BCUT2D eigenvalue weighted by Crippen LogP contribution is -2.21. The zero-order chi connectivity index (χ0) is 14.7. The van der Waals surface area contributed by atoms with E-state index in [0.29, 0.717) is 6.42 Å². The van der Waals surface area contributed by atoms with Crippen molar-refractivity contribution in [2.24, 2.45) is 0 Å². The maximum absolute atomic E-state index is 10.8. The van der Waals surface area contributed by atoms with Gasteiger partial charge in [-0.2, -0.15) is 0 Å². The summed E-state index contributed by atoms with van der Waals surface area (Å²) in [5.41, 5.74) is 1.18. The van der Waals surface area contributed by atoms with Gasteiger partial charge in [0.25, 0.3) is 0 Å². The highest BCUT2D eigenvalue weighted by Gasteiger charge is 2.23. The van der Waals surface area contributed by atoms with Crippen LogP contribution in [-0.2, 0) is 16.6 Å². The number of carboxylic acids is 1. The molecule has 0 bridgehead atoms. The normalized spacial score (nSPS) is 12.5. The molecule has 0 aliphatic heterocycles. The molecule has 1 aromatic carbocycles. The number of aliphatic hydroxyl groups is 1. The topological polar surface area (TPSA) is 57.5 Å². The molecular formula is C16H24O3. The lowest BCUT2D eigenvalue weighted by molar-refractivity contribution is -0.138. The molecule has 2 N–H and O–H groups in total. The molecule has 0 amide bonds. The van der Waals surface area contributed by atoms with Crippen molar-refractivity contribution in [1.82, 2.24) is 0 Å². The van der Waals surface area contributed by atoms with Gasteiger partial charge in [0.1, 0.15) is 0 Å². The number of benzene rings is 1. The van der Waals surface area contributed by atoms with Crippen LogP contribution in [0.15, 0.2) is 24.3 Å². The van der Waals surface area contributed by atoms with Gasteiger partial charge in [0, 0.05) is 5.41 Å². The summed E-state index contributed by atoms with van der Waals surface area (Å²) in [7, 11) is 0. The van der Waals surface area contributed by atoms with E-state index in [9.17, 15) is 9.90 Å². The van der Waals surface area contributed by atoms with E-state index in [0.717, 1.165) is 17.5 Å². The van der Waals surface area contributed by atoms with E-state index in [1.165, 1.54) is 0 Å². The Kier molecular flexibility index (Phi) is 4.75. The Balaban J connectivity index is 2.73. The maximum atomic E-state index is 10.8. The van der Waals surface area contributed by atoms with Crippen molar-refractivity contribution in [3.05, 3.63) is 35.4 Å². The molecule has 0 aromatic heterocycles. The molecule has 1 aromatic rings. The SMILES string of the molecule is CC(C)(O)CCc1ccc(C(C)(C)CC(=O)O)cc1. The fraction of sp³-hybridized carbons (Fsp3) is 0.562. The van der Waals surface area contributed by atoms with E-state index in [-0.39, 0.29) is 11.8 Å². The predicted octanol–water partition coefficient (Wildman–Crippen LogP) is 3.14. The first-order valence-electron chi connectivity index (χ1n) is 6.64. The van der Waals surface area contributed by atoms with Gasteiger partial charge in [-0.15, -0.1) is 0 Å². The first-order valence-corrected chi connectivity index (χ1v) is 6.64. The van der Waals surface area contributed by atoms with Crippen molar-refractivity contribution < 1.29 is 15.0 Å². The highest BCUT2D eigenvalue weighted by Crippen LogP contribution is 2.27. The van der Waals surface area contributed by atoms with Crippen LogP contribution in [0, 0.1) is 0 Å². The highest BCUT2D eigenvalue weighted by atomic mass is 16.4. The van der Waals surface area contributed by atoms with Crippen LogP contribution in [0.4, 0.5) is 0 Å². The Morgan fingerprint density at radius 3 is 2.05 bits per heavy atom. The maximum Gasteiger partial charge on any atom is 0.304 e. The van der Waals surface area contributed by atoms with Crippen LogP contribution in [0.25, 0.3) is 0 Å². The van der Waals surface area contributed by atoms with Gasteiger partial charge in [0.2, 0.25) is 0 Å². The Morgan fingerprint density at radius 2 is 1.63 bits per heavy atom.